The average molecular weight is 242 g/mol. The Morgan fingerprint density at radius 1 is 1.27 bits per heavy atom. The van der Waals surface area contributed by atoms with Crippen molar-refractivity contribution in [3.63, 3.8) is 0 Å². The van der Waals surface area contributed by atoms with Gasteiger partial charge in [-0.25, -0.2) is 5.43 Å². The van der Waals surface area contributed by atoms with Crippen LogP contribution in [0.2, 0.25) is 5.02 Å². The van der Waals surface area contributed by atoms with E-state index in [-0.39, 0.29) is 5.66 Å². The summed E-state index contributed by atoms with van der Waals surface area (Å²) in [6.45, 7) is 4.05. The van der Waals surface area contributed by atoms with E-state index in [1.165, 1.54) is 0 Å². The highest BCUT2D eigenvalue weighted by atomic mass is 35.5. The van der Waals surface area contributed by atoms with E-state index in [0.717, 1.165) is 10.7 Å². The molecule has 0 unspecified atom stereocenters. The Hall–Kier alpha value is -0.840. The predicted octanol–water partition coefficient (Wildman–Crippen LogP) is 2.28. The summed E-state index contributed by atoms with van der Waals surface area (Å²) < 4.78 is 0. The molecule has 0 saturated carbocycles. The van der Waals surface area contributed by atoms with E-state index < -0.39 is 0 Å². The average Bonchev–Trinajstić information content (AvgIpc) is 2.41. The molecule has 15 heavy (non-hydrogen) atoms. The van der Waals surface area contributed by atoms with Gasteiger partial charge in [0.05, 0.1) is 5.69 Å². The summed E-state index contributed by atoms with van der Waals surface area (Å²) in [5.41, 5.74) is 4.02. The maximum absolute atomic E-state index is 5.82. The van der Waals surface area contributed by atoms with Gasteiger partial charge in [-0.3, -0.25) is 5.01 Å². The van der Waals surface area contributed by atoms with Gasteiger partial charge in [-0.2, -0.15) is 0 Å². The molecule has 1 aromatic carbocycles. The second-order valence-electron chi connectivity index (χ2n) is 3.98. The lowest BCUT2D eigenvalue weighted by atomic mass is 10.3. The van der Waals surface area contributed by atoms with Crippen LogP contribution in [0.5, 0.6) is 0 Å². The van der Waals surface area contributed by atoms with Crippen LogP contribution in [0.4, 0.5) is 5.69 Å². The molecule has 1 aromatic rings. The molecule has 2 rings (SSSR count). The summed E-state index contributed by atoms with van der Waals surface area (Å²) in [6.07, 6.45) is 0. The Kier molecular flexibility index (Phi) is 2.58. The summed E-state index contributed by atoms with van der Waals surface area (Å²) in [6, 6.07) is 7.52. The van der Waals surface area contributed by atoms with Gasteiger partial charge in [-0.15, -0.1) is 0 Å². The van der Waals surface area contributed by atoms with Crippen molar-refractivity contribution in [2.45, 2.75) is 19.5 Å². The van der Waals surface area contributed by atoms with Crippen LogP contribution in [-0.2, 0) is 0 Å². The normalized spacial score (nSPS) is 19.1. The Balaban J connectivity index is 2.25. The lowest BCUT2D eigenvalue weighted by molar-refractivity contribution is 0.415. The molecule has 0 aromatic heterocycles. The van der Waals surface area contributed by atoms with E-state index >= 15 is 0 Å². The first-order valence-electron chi connectivity index (χ1n) is 4.64. The molecule has 0 amide bonds. The van der Waals surface area contributed by atoms with Crippen molar-refractivity contribution < 1.29 is 0 Å². The van der Waals surface area contributed by atoms with Crippen molar-refractivity contribution in [3.8, 4) is 0 Å². The summed E-state index contributed by atoms with van der Waals surface area (Å²) in [5, 5.41) is 6.40. The van der Waals surface area contributed by atoms with Crippen molar-refractivity contribution in [1.29, 1.82) is 0 Å². The Bertz CT molecular complexity index is 388. The number of halogens is 1. The zero-order valence-electron chi connectivity index (χ0n) is 8.54. The van der Waals surface area contributed by atoms with E-state index in [1.807, 2.05) is 43.1 Å². The molecular weight excluding hydrogens is 230 g/mol. The number of benzene rings is 1. The third-order valence-corrected chi connectivity index (χ3v) is 2.64. The van der Waals surface area contributed by atoms with Gasteiger partial charge in [0.2, 0.25) is 0 Å². The SMILES string of the molecule is CC1(C)NC(=S)N(c2ccc(Cl)cc2)N1. The predicted molar refractivity (Wildman–Crippen MR) is 66.9 cm³/mol. The number of thiocarbonyl (C=S) groups is 1. The van der Waals surface area contributed by atoms with Crippen molar-refractivity contribution in [1.82, 2.24) is 10.7 Å². The van der Waals surface area contributed by atoms with Crippen molar-refractivity contribution >= 4 is 34.6 Å². The molecule has 0 radical (unpaired) electrons. The van der Waals surface area contributed by atoms with Crippen LogP contribution in [0.1, 0.15) is 13.8 Å². The summed E-state index contributed by atoms with van der Waals surface area (Å²) in [5.74, 6) is 0. The van der Waals surface area contributed by atoms with Gasteiger partial charge in [-0.1, -0.05) is 11.6 Å². The quantitative estimate of drug-likeness (QED) is 0.738. The van der Waals surface area contributed by atoms with E-state index in [0.29, 0.717) is 5.11 Å². The molecule has 2 N–H and O–H groups in total. The fourth-order valence-electron chi connectivity index (χ4n) is 1.45. The second-order valence-corrected chi connectivity index (χ2v) is 4.80. The van der Waals surface area contributed by atoms with Crippen LogP contribution < -0.4 is 15.8 Å². The summed E-state index contributed by atoms with van der Waals surface area (Å²) in [7, 11) is 0. The number of hydrazine groups is 1. The Morgan fingerprint density at radius 2 is 1.87 bits per heavy atom. The van der Waals surface area contributed by atoms with Crippen molar-refractivity contribution in [2.75, 3.05) is 5.01 Å². The minimum atomic E-state index is -0.212. The number of nitrogens with one attached hydrogen (secondary N) is 2. The molecule has 1 fully saturated rings. The van der Waals surface area contributed by atoms with Gasteiger partial charge in [-0.05, 0) is 50.3 Å². The third kappa shape index (κ3) is 2.22. The van der Waals surface area contributed by atoms with Crippen molar-refractivity contribution in [2.24, 2.45) is 0 Å². The molecule has 0 bridgehead atoms. The molecule has 0 spiro atoms. The first kappa shape index (κ1) is 10.7. The van der Waals surface area contributed by atoms with Crippen LogP contribution >= 0.6 is 23.8 Å². The molecule has 0 aliphatic carbocycles. The molecule has 1 heterocycles. The molecule has 1 saturated heterocycles. The molecule has 5 heteroatoms. The summed E-state index contributed by atoms with van der Waals surface area (Å²) in [4.78, 5) is 0. The van der Waals surface area contributed by atoms with Gasteiger partial charge < -0.3 is 5.32 Å². The minimum absolute atomic E-state index is 0.212. The van der Waals surface area contributed by atoms with Crippen LogP contribution in [0.25, 0.3) is 0 Å². The van der Waals surface area contributed by atoms with E-state index in [1.54, 1.807) is 0 Å². The van der Waals surface area contributed by atoms with Gasteiger partial charge in [0.1, 0.15) is 5.66 Å². The van der Waals surface area contributed by atoms with E-state index in [9.17, 15) is 0 Å². The maximum Gasteiger partial charge on any atom is 0.189 e. The van der Waals surface area contributed by atoms with Gasteiger partial charge in [0.15, 0.2) is 5.11 Å². The number of hydrogen-bond donors (Lipinski definition) is 2. The largest absolute Gasteiger partial charge is 0.342 e. The standard InChI is InChI=1S/C10H12ClN3S/c1-10(2)12-9(15)14(13-10)8-5-3-7(11)4-6-8/h3-6,13H,1-2H3,(H,12,15). The molecule has 1 aliphatic heterocycles. The Morgan fingerprint density at radius 3 is 2.33 bits per heavy atom. The first-order valence-corrected chi connectivity index (χ1v) is 5.42. The van der Waals surface area contributed by atoms with Crippen LogP contribution in [-0.4, -0.2) is 10.8 Å². The summed E-state index contributed by atoms with van der Waals surface area (Å²) >= 11 is 11.0. The number of rotatable bonds is 1. The highest BCUT2D eigenvalue weighted by Gasteiger charge is 2.31. The smallest absolute Gasteiger partial charge is 0.189 e. The van der Waals surface area contributed by atoms with Crippen molar-refractivity contribution in [3.05, 3.63) is 29.3 Å². The molecule has 0 atom stereocenters. The molecule has 3 nitrogen and oxygen atoms in total. The number of anilines is 1. The van der Waals surface area contributed by atoms with E-state index in [2.05, 4.69) is 10.7 Å². The van der Waals surface area contributed by atoms with Gasteiger partial charge in [0.25, 0.3) is 0 Å². The fraction of sp³-hybridized carbons (Fsp3) is 0.300. The lowest BCUT2D eigenvalue weighted by Crippen LogP contribution is -2.45. The first-order chi connectivity index (χ1) is 6.98. The molecule has 80 valence electrons. The minimum Gasteiger partial charge on any atom is -0.342 e. The number of hydrogen-bond acceptors (Lipinski definition) is 2. The van der Waals surface area contributed by atoms with Crippen LogP contribution in [0.3, 0.4) is 0 Å². The van der Waals surface area contributed by atoms with E-state index in [4.69, 9.17) is 23.8 Å². The highest BCUT2D eigenvalue weighted by molar-refractivity contribution is 7.80. The van der Waals surface area contributed by atoms with Gasteiger partial charge in [0, 0.05) is 5.02 Å². The van der Waals surface area contributed by atoms with Gasteiger partial charge >= 0.3 is 0 Å². The fourth-order valence-corrected chi connectivity index (χ4v) is 1.99. The monoisotopic (exact) mass is 241 g/mol. The third-order valence-electron chi connectivity index (χ3n) is 2.10. The zero-order valence-corrected chi connectivity index (χ0v) is 10.1. The maximum atomic E-state index is 5.82. The zero-order chi connectivity index (χ0) is 11.1. The topological polar surface area (TPSA) is 27.3 Å². The second kappa shape index (κ2) is 3.63. The van der Waals surface area contributed by atoms with Crippen LogP contribution in [0, 0.1) is 0 Å². The number of nitrogens with zero attached hydrogens (tertiary/aromatic N) is 1. The molecule has 1 aliphatic rings. The molecular formula is C10H12ClN3S. The lowest BCUT2D eigenvalue weighted by Gasteiger charge is -2.20. The van der Waals surface area contributed by atoms with Crippen LogP contribution in [0.15, 0.2) is 24.3 Å². The Labute approximate surface area is 99.4 Å². The highest BCUT2D eigenvalue weighted by Crippen LogP contribution is 2.20.